The van der Waals surface area contributed by atoms with Crippen LogP contribution in [0.15, 0.2) is 30.3 Å². The van der Waals surface area contributed by atoms with E-state index in [4.69, 9.17) is 11.6 Å². The van der Waals surface area contributed by atoms with Gasteiger partial charge in [0.15, 0.2) is 0 Å². The zero-order valence-corrected chi connectivity index (χ0v) is 11.9. The van der Waals surface area contributed by atoms with Crippen LogP contribution < -0.4 is 5.32 Å². The first-order valence-electron chi connectivity index (χ1n) is 6.13. The van der Waals surface area contributed by atoms with E-state index in [2.05, 4.69) is 10.3 Å². The van der Waals surface area contributed by atoms with Crippen LogP contribution >= 0.6 is 11.6 Å². The molecular weight excluding hydrogens is 263 g/mol. The van der Waals surface area contributed by atoms with E-state index in [1.54, 1.807) is 6.07 Å². The van der Waals surface area contributed by atoms with Crippen LogP contribution in [0.2, 0.25) is 5.02 Å². The topological polar surface area (TPSA) is 24.9 Å². The summed E-state index contributed by atoms with van der Waals surface area (Å²) in [6.07, 6.45) is 0. The van der Waals surface area contributed by atoms with Crippen molar-refractivity contribution in [1.29, 1.82) is 0 Å². The lowest BCUT2D eigenvalue weighted by molar-refractivity contribution is 0.626. The summed E-state index contributed by atoms with van der Waals surface area (Å²) in [5.41, 5.74) is 3.74. The number of nitrogens with zero attached hydrogens (tertiary/aromatic N) is 1. The van der Waals surface area contributed by atoms with E-state index in [9.17, 15) is 4.39 Å². The fraction of sp³-hybridized carbons (Fsp3) is 0.267. The van der Waals surface area contributed by atoms with Gasteiger partial charge in [-0.05, 0) is 50.6 Å². The molecule has 1 N–H and O–H groups in total. The molecule has 0 fully saturated rings. The largest absolute Gasteiger partial charge is 0.377 e. The van der Waals surface area contributed by atoms with Gasteiger partial charge in [0.25, 0.3) is 0 Å². The van der Waals surface area contributed by atoms with Crippen molar-refractivity contribution in [3.63, 3.8) is 0 Å². The smallest absolute Gasteiger partial charge is 0.124 e. The average Bonchev–Trinajstić information content (AvgIpc) is 2.32. The molecule has 19 heavy (non-hydrogen) atoms. The first-order valence-corrected chi connectivity index (χ1v) is 6.51. The van der Waals surface area contributed by atoms with E-state index in [0.717, 1.165) is 22.6 Å². The summed E-state index contributed by atoms with van der Waals surface area (Å²) < 4.78 is 13.0. The van der Waals surface area contributed by atoms with Gasteiger partial charge in [-0.15, -0.1) is 0 Å². The third kappa shape index (κ3) is 3.24. The van der Waals surface area contributed by atoms with E-state index in [-0.39, 0.29) is 11.9 Å². The van der Waals surface area contributed by atoms with Crippen molar-refractivity contribution in [3.05, 3.63) is 58.1 Å². The fourth-order valence-electron chi connectivity index (χ4n) is 2.00. The van der Waals surface area contributed by atoms with Crippen molar-refractivity contribution in [3.8, 4) is 0 Å². The molecule has 2 aromatic rings. The van der Waals surface area contributed by atoms with Crippen molar-refractivity contribution in [2.75, 3.05) is 5.32 Å². The Bertz CT molecular complexity index is 599. The normalized spacial score (nSPS) is 12.3. The molecule has 0 bridgehead atoms. The molecule has 1 aromatic heterocycles. The van der Waals surface area contributed by atoms with Crippen molar-refractivity contribution >= 4 is 17.3 Å². The van der Waals surface area contributed by atoms with Gasteiger partial charge in [-0.3, -0.25) is 4.98 Å². The Hall–Kier alpha value is -1.61. The summed E-state index contributed by atoms with van der Waals surface area (Å²) in [5, 5.41) is 3.77. The maximum absolute atomic E-state index is 13.0. The highest BCUT2D eigenvalue weighted by Crippen LogP contribution is 2.27. The minimum atomic E-state index is -0.325. The molecule has 0 radical (unpaired) electrons. The van der Waals surface area contributed by atoms with Gasteiger partial charge in [-0.2, -0.15) is 0 Å². The van der Waals surface area contributed by atoms with Crippen molar-refractivity contribution in [1.82, 2.24) is 4.98 Å². The Kier molecular flexibility index (Phi) is 4.05. The molecule has 0 amide bonds. The highest BCUT2D eigenvalue weighted by atomic mass is 35.5. The van der Waals surface area contributed by atoms with Gasteiger partial charge in [0.1, 0.15) is 5.82 Å². The molecule has 2 nitrogen and oxygen atoms in total. The van der Waals surface area contributed by atoms with E-state index < -0.39 is 0 Å². The zero-order chi connectivity index (χ0) is 14.0. The first kappa shape index (κ1) is 13.8. The molecule has 1 heterocycles. The molecule has 1 aromatic carbocycles. The van der Waals surface area contributed by atoms with Crippen LogP contribution in [0.1, 0.15) is 29.9 Å². The number of nitrogens with one attached hydrogen (secondary N) is 1. The molecule has 4 heteroatoms. The molecule has 0 aliphatic rings. The second-order valence-electron chi connectivity index (χ2n) is 4.62. The van der Waals surface area contributed by atoms with E-state index in [0.29, 0.717) is 5.02 Å². The molecule has 0 aliphatic heterocycles. The minimum Gasteiger partial charge on any atom is -0.377 e. The standard InChI is InChI=1S/C15H16ClFN2/c1-9-4-7-15(11(3)18-9)19-10(2)13-6-5-12(17)8-14(13)16/h4-8,10,19H,1-3H3. The molecule has 1 atom stereocenters. The summed E-state index contributed by atoms with van der Waals surface area (Å²) in [6.45, 7) is 5.89. The predicted octanol–water partition coefficient (Wildman–Crippen LogP) is 4.66. The molecule has 100 valence electrons. The van der Waals surface area contributed by atoms with E-state index in [1.807, 2.05) is 32.9 Å². The highest BCUT2D eigenvalue weighted by Gasteiger charge is 2.11. The van der Waals surface area contributed by atoms with Gasteiger partial charge >= 0.3 is 0 Å². The number of rotatable bonds is 3. The van der Waals surface area contributed by atoms with E-state index in [1.165, 1.54) is 12.1 Å². The zero-order valence-electron chi connectivity index (χ0n) is 11.2. The second kappa shape index (κ2) is 5.57. The maximum atomic E-state index is 13.0. The molecule has 0 aliphatic carbocycles. The summed E-state index contributed by atoms with van der Waals surface area (Å²) in [7, 11) is 0. The molecule has 0 saturated heterocycles. The molecular formula is C15H16ClFN2. The molecule has 0 saturated carbocycles. The number of pyridine rings is 1. The summed E-state index contributed by atoms with van der Waals surface area (Å²) in [5.74, 6) is -0.325. The lowest BCUT2D eigenvalue weighted by atomic mass is 10.1. The number of anilines is 1. The van der Waals surface area contributed by atoms with Gasteiger partial charge in [0.2, 0.25) is 0 Å². The predicted molar refractivity (Wildman–Crippen MR) is 77.2 cm³/mol. The number of hydrogen-bond donors (Lipinski definition) is 1. The van der Waals surface area contributed by atoms with Crippen molar-refractivity contribution < 1.29 is 4.39 Å². The summed E-state index contributed by atoms with van der Waals surface area (Å²) in [6, 6.07) is 8.37. The van der Waals surface area contributed by atoms with Crippen LogP contribution in [0, 0.1) is 19.7 Å². The third-order valence-corrected chi connectivity index (χ3v) is 3.35. The average molecular weight is 279 g/mol. The van der Waals surface area contributed by atoms with Crippen LogP contribution in [-0.2, 0) is 0 Å². The van der Waals surface area contributed by atoms with Gasteiger partial charge < -0.3 is 5.32 Å². The molecule has 0 spiro atoms. The Balaban J connectivity index is 2.23. The SMILES string of the molecule is Cc1ccc(NC(C)c2ccc(F)cc2Cl)c(C)n1. The highest BCUT2D eigenvalue weighted by molar-refractivity contribution is 6.31. The van der Waals surface area contributed by atoms with Crippen LogP contribution in [0.4, 0.5) is 10.1 Å². The van der Waals surface area contributed by atoms with Crippen LogP contribution in [0.25, 0.3) is 0 Å². The molecule has 1 unspecified atom stereocenters. The quantitative estimate of drug-likeness (QED) is 0.883. The van der Waals surface area contributed by atoms with Gasteiger partial charge in [0.05, 0.1) is 17.4 Å². The number of halogens is 2. The van der Waals surface area contributed by atoms with Gasteiger partial charge in [-0.25, -0.2) is 4.39 Å². The Morgan fingerprint density at radius 2 is 1.95 bits per heavy atom. The summed E-state index contributed by atoms with van der Waals surface area (Å²) >= 11 is 6.06. The maximum Gasteiger partial charge on any atom is 0.124 e. The van der Waals surface area contributed by atoms with Crippen molar-refractivity contribution in [2.24, 2.45) is 0 Å². The monoisotopic (exact) mass is 278 g/mol. The Labute approximate surface area is 117 Å². The number of aryl methyl sites for hydroxylation is 2. The Morgan fingerprint density at radius 1 is 1.21 bits per heavy atom. The Morgan fingerprint density at radius 3 is 2.58 bits per heavy atom. The lowest BCUT2D eigenvalue weighted by Gasteiger charge is -2.18. The van der Waals surface area contributed by atoms with E-state index >= 15 is 0 Å². The third-order valence-electron chi connectivity index (χ3n) is 3.03. The lowest BCUT2D eigenvalue weighted by Crippen LogP contribution is -2.09. The number of benzene rings is 1. The number of hydrogen-bond acceptors (Lipinski definition) is 2. The summed E-state index contributed by atoms with van der Waals surface area (Å²) in [4.78, 5) is 4.40. The van der Waals surface area contributed by atoms with Crippen LogP contribution in [0.3, 0.4) is 0 Å². The minimum absolute atomic E-state index is 0.0173. The molecule has 2 rings (SSSR count). The number of aromatic nitrogens is 1. The second-order valence-corrected chi connectivity index (χ2v) is 5.02. The van der Waals surface area contributed by atoms with Crippen LogP contribution in [-0.4, -0.2) is 4.98 Å². The van der Waals surface area contributed by atoms with Gasteiger partial charge in [-0.1, -0.05) is 17.7 Å². The van der Waals surface area contributed by atoms with Crippen LogP contribution in [0.5, 0.6) is 0 Å². The first-order chi connectivity index (χ1) is 8.97. The fourth-order valence-corrected chi connectivity index (χ4v) is 2.33. The van der Waals surface area contributed by atoms with Crippen molar-refractivity contribution in [2.45, 2.75) is 26.8 Å². The van der Waals surface area contributed by atoms with Gasteiger partial charge in [0, 0.05) is 10.7 Å².